The predicted octanol–water partition coefficient (Wildman–Crippen LogP) is 2.69. The second kappa shape index (κ2) is 4.45. The fraction of sp³-hybridized carbons (Fsp3) is 0.0769. The average molecular weight is 211 g/mol. The van der Waals surface area contributed by atoms with Gasteiger partial charge in [0.1, 0.15) is 0 Å². The Balaban J connectivity index is 2.13. The summed E-state index contributed by atoms with van der Waals surface area (Å²) in [6, 6.07) is 6.25. The summed E-state index contributed by atoms with van der Waals surface area (Å²) < 4.78 is 0. The van der Waals surface area contributed by atoms with Crippen molar-refractivity contribution in [1.82, 2.24) is 0 Å². The van der Waals surface area contributed by atoms with Crippen molar-refractivity contribution >= 4 is 5.69 Å². The summed E-state index contributed by atoms with van der Waals surface area (Å²) in [6.45, 7) is 0. The van der Waals surface area contributed by atoms with Gasteiger partial charge in [-0.15, -0.1) is 0 Å². The van der Waals surface area contributed by atoms with Gasteiger partial charge in [-0.3, -0.25) is 10.1 Å². The summed E-state index contributed by atoms with van der Waals surface area (Å²) in [5, 5.41) is 10.4. The molecule has 0 aliphatic heterocycles. The van der Waals surface area contributed by atoms with E-state index in [4.69, 9.17) is 0 Å². The van der Waals surface area contributed by atoms with Gasteiger partial charge in [0.15, 0.2) is 0 Å². The van der Waals surface area contributed by atoms with Crippen LogP contribution in [0.4, 0.5) is 5.69 Å². The second-order valence-electron chi connectivity index (χ2n) is 3.37. The van der Waals surface area contributed by atoms with E-state index in [1.807, 2.05) is 24.3 Å². The van der Waals surface area contributed by atoms with Crippen LogP contribution in [0.25, 0.3) is 0 Å². The summed E-state index contributed by atoms with van der Waals surface area (Å²) in [7, 11) is 0. The van der Waals surface area contributed by atoms with E-state index in [0.717, 1.165) is 5.56 Å². The van der Waals surface area contributed by atoms with Gasteiger partial charge in [-0.2, -0.15) is 0 Å². The molecule has 0 atom stereocenters. The molecule has 3 heteroatoms. The summed E-state index contributed by atoms with van der Waals surface area (Å²) >= 11 is 0. The molecule has 3 nitrogen and oxygen atoms in total. The first-order chi connectivity index (χ1) is 7.75. The topological polar surface area (TPSA) is 43.1 Å². The molecule has 1 aromatic carbocycles. The number of nitrogens with zero attached hydrogens (tertiary/aromatic N) is 1. The number of hydrogen-bond donors (Lipinski definition) is 0. The van der Waals surface area contributed by atoms with E-state index in [1.165, 1.54) is 12.1 Å². The van der Waals surface area contributed by atoms with Gasteiger partial charge >= 0.3 is 0 Å². The van der Waals surface area contributed by atoms with E-state index in [2.05, 4.69) is 11.8 Å². The monoisotopic (exact) mass is 211 g/mol. The Morgan fingerprint density at radius 3 is 2.31 bits per heavy atom. The molecule has 1 aromatic rings. The predicted molar refractivity (Wildman–Crippen MR) is 61.7 cm³/mol. The first-order valence-corrected chi connectivity index (χ1v) is 4.87. The molecule has 0 radical (unpaired) electrons. The van der Waals surface area contributed by atoms with Crippen molar-refractivity contribution < 1.29 is 4.92 Å². The van der Waals surface area contributed by atoms with Gasteiger partial charge in [0.05, 0.1) is 10.8 Å². The summed E-state index contributed by atoms with van der Waals surface area (Å²) in [4.78, 5) is 10.0. The van der Waals surface area contributed by atoms with Crippen LogP contribution in [0.3, 0.4) is 0 Å². The standard InChI is InChI=1S/C13H9NO2/c15-14(16)13-9-7-12(8-10-13)6-5-11-3-1-2-4-11/h1-4,7-11H. The van der Waals surface area contributed by atoms with E-state index >= 15 is 0 Å². The van der Waals surface area contributed by atoms with Gasteiger partial charge in [-0.1, -0.05) is 36.1 Å². The third-order valence-corrected chi connectivity index (χ3v) is 2.21. The Morgan fingerprint density at radius 2 is 1.75 bits per heavy atom. The maximum atomic E-state index is 10.4. The van der Waals surface area contributed by atoms with Crippen LogP contribution < -0.4 is 0 Å². The molecule has 0 heterocycles. The maximum absolute atomic E-state index is 10.4. The Bertz CT molecular complexity index is 503. The van der Waals surface area contributed by atoms with Gasteiger partial charge < -0.3 is 0 Å². The van der Waals surface area contributed by atoms with Gasteiger partial charge in [0.25, 0.3) is 5.69 Å². The molecular formula is C13H9NO2. The van der Waals surface area contributed by atoms with Crippen LogP contribution in [-0.4, -0.2) is 4.92 Å². The Labute approximate surface area is 93.3 Å². The molecule has 0 aromatic heterocycles. The fourth-order valence-electron chi connectivity index (χ4n) is 1.36. The fourth-order valence-corrected chi connectivity index (χ4v) is 1.36. The summed E-state index contributed by atoms with van der Waals surface area (Å²) in [6.07, 6.45) is 7.90. The minimum atomic E-state index is -0.417. The highest BCUT2D eigenvalue weighted by Crippen LogP contribution is 2.12. The summed E-state index contributed by atoms with van der Waals surface area (Å²) in [5.74, 6) is 6.19. The maximum Gasteiger partial charge on any atom is 0.269 e. The number of rotatable bonds is 1. The van der Waals surface area contributed by atoms with Crippen LogP contribution in [0, 0.1) is 27.9 Å². The number of nitro groups is 1. The first-order valence-electron chi connectivity index (χ1n) is 4.87. The lowest BCUT2D eigenvalue weighted by Gasteiger charge is -1.92. The Kier molecular flexibility index (Phi) is 2.84. The minimum Gasteiger partial charge on any atom is -0.258 e. The summed E-state index contributed by atoms with van der Waals surface area (Å²) in [5.41, 5.74) is 0.880. The number of benzene rings is 1. The quantitative estimate of drug-likeness (QED) is 0.407. The Morgan fingerprint density at radius 1 is 1.12 bits per heavy atom. The highest BCUT2D eigenvalue weighted by Gasteiger charge is 2.02. The molecular weight excluding hydrogens is 202 g/mol. The van der Waals surface area contributed by atoms with Crippen LogP contribution in [0.1, 0.15) is 5.56 Å². The van der Waals surface area contributed by atoms with Gasteiger partial charge in [-0.05, 0) is 12.1 Å². The molecule has 0 amide bonds. The molecule has 0 spiro atoms. The van der Waals surface area contributed by atoms with Crippen molar-refractivity contribution in [3.63, 3.8) is 0 Å². The molecule has 0 unspecified atom stereocenters. The zero-order chi connectivity index (χ0) is 11.4. The van der Waals surface area contributed by atoms with Crippen LogP contribution in [-0.2, 0) is 0 Å². The molecule has 0 bridgehead atoms. The van der Waals surface area contributed by atoms with E-state index in [0.29, 0.717) is 0 Å². The van der Waals surface area contributed by atoms with Crippen molar-refractivity contribution in [2.24, 2.45) is 5.92 Å². The molecule has 1 aliphatic rings. The number of non-ortho nitro benzene ring substituents is 1. The lowest BCUT2D eigenvalue weighted by Crippen LogP contribution is -1.87. The molecule has 0 fully saturated rings. The smallest absolute Gasteiger partial charge is 0.258 e. The van der Waals surface area contributed by atoms with E-state index < -0.39 is 4.92 Å². The van der Waals surface area contributed by atoms with Gasteiger partial charge in [0, 0.05) is 17.7 Å². The van der Waals surface area contributed by atoms with Crippen molar-refractivity contribution in [2.75, 3.05) is 0 Å². The molecule has 0 saturated carbocycles. The highest BCUT2D eigenvalue weighted by molar-refractivity contribution is 5.42. The van der Waals surface area contributed by atoms with Crippen LogP contribution in [0.15, 0.2) is 48.6 Å². The van der Waals surface area contributed by atoms with Crippen LogP contribution >= 0.6 is 0 Å². The zero-order valence-corrected chi connectivity index (χ0v) is 8.46. The van der Waals surface area contributed by atoms with Gasteiger partial charge in [0.2, 0.25) is 0 Å². The van der Waals surface area contributed by atoms with Gasteiger partial charge in [-0.25, -0.2) is 0 Å². The van der Waals surface area contributed by atoms with Crippen LogP contribution in [0.5, 0.6) is 0 Å². The van der Waals surface area contributed by atoms with Crippen molar-refractivity contribution in [3.05, 3.63) is 64.2 Å². The zero-order valence-electron chi connectivity index (χ0n) is 8.46. The lowest BCUT2D eigenvalue weighted by molar-refractivity contribution is -0.384. The van der Waals surface area contributed by atoms with Crippen molar-refractivity contribution in [1.29, 1.82) is 0 Å². The highest BCUT2D eigenvalue weighted by atomic mass is 16.6. The molecule has 16 heavy (non-hydrogen) atoms. The number of nitro benzene ring substituents is 1. The third-order valence-electron chi connectivity index (χ3n) is 2.21. The van der Waals surface area contributed by atoms with E-state index in [9.17, 15) is 10.1 Å². The van der Waals surface area contributed by atoms with Crippen molar-refractivity contribution in [3.8, 4) is 11.8 Å². The molecule has 0 N–H and O–H groups in total. The van der Waals surface area contributed by atoms with Crippen LogP contribution in [0.2, 0.25) is 0 Å². The van der Waals surface area contributed by atoms with Crippen molar-refractivity contribution in [2.45, 2.75) is 0 Å². The normalized spacial score (nSPS) is 13.5. The first kappa shape index (κ1) is 10.2. The molecule has 2 rings (SSSR count). The average Bonchev–Trinajstić information content (AvgIpc) is 2.80. The third kappa shape index (κ3) is 2.37. The number of allylic oxidation sites excluding steroid dienone is 4. The molecule has 78 valence electrons. The second-order valence-corrected chi connectivity index (χ2v) is 3.37. The number of hydrogen-bond acceptors (Lipinski definition) is 2. The largest absolute Gasteiger partial charge is 0.269 e. The molecule has 1 aliphatic carbocycles. The SMILES string of the molecule is O=[N+]([O-])c1ccc(C#CC2C=CC=C2)cc1. The van der Waals surface area contributed by atoms with E-state index in [1.54, 1.807) is 12.1 Å². The minimum absolute atomic E-state index is 0.0891. The Hall–Kier alpha value is -2.34. The van der Waals surface area contributed by atoms with E-state index in [-0.39, 0.29) is 11.6 Å². The molecule has 0 saturated heterocycles. The lowest BCUT2D eigenvalue weighted by atomic mass is 10.1.